The number of rotatable bonds is 4. The van der Waals surface area contributed by atoms with Crippen molar-refractivity contribution in [3.8, 4) is 0 Å². The van der Waals surface area contributed by atoms with Gasteiger partial charge in [0.2, 0.25) is 5.91 Å². The summed E-state index contributed by atoms with van der Waals surface area (Å²) in [5.74, 6) is 1.38. The summed E-state index contributed by atoms with van der Waals surface area (Å²) in [5, 5.41) is 3.04. The number of carbonyl (C=O) groups excluding carboxylic acids is 1. The van der Waals surface area contributed by atoms with Crippen LogP contribution in [0.25, 0.3) is 0 Å². The van der Waals surface area contributed by atoms with Gasteiger partial charge in [-0.2, -0.15) is 0 Å². The predicted molar refractivity (Wildman–Crippen MR) is 59.4 cm³/mol. The van der Waals surface area contributed by atoms with Crippen molar-refractivity contribution in [2.75, 3.05) is 5.88 Å². The predicted octanol–water partition coefficient (Wildman–Crippen LogP) is 2.56. The summed E-state index contributed by atoms with van der Waals surface area (Å²) in [6.45, 7) is 4.17. The number of amides is 1. The molecule has 1 rings (SSSR count). The second kappa shape index (κ2) is 5.59. The average molecular weight is 218 g/mol. The number of carbonyl (C=O) groups is 1. The normalized spacial score (nSPS) is 20.0. The van der Waals surface area contributed by atoms with E-state index >= 15 is 0 Å². The maximum Gasteiger partial charge on any atom is 0.223 e. The standard InChI is InChI=1S/C11H20ClNO/c1-8(2)10(7-12)13-11(14)9-5-3-4-6-9/h8-10H,3-7H2,1-2H3,(H,13,14). The molecule has 1 N–H and O–H groups in total. The van der Waals surface area contributed by atoms with Crippen LogP contribution in [0.4, 0.5) is 0 Å². The molecule has 0 spiro atoms. The van der Waals surface area contributed by atoms with Gasteiger partial charge in [0.15, 0.2) is 0 Å². The van der Waals surface area contributed by atoms with E-state index in [1.165, 1.54) is 12.8 Å². The number of halogens is 1. The van der Waals surface area contributed by atoms with E-state index in [4.69, 9.17) is 11.6 Å². The van der Waals surface area contributed by atoms with Gasteiger partial charge >= 0.3 is 0 Å². The van der Waals surface area contributed by atoms with Gasteiger partial charge in [-0.15, -0.1) is 11.6 Å². The largest absolute Gasteiger partial charge is 0.352 e. The Labute approximate surface area is 91.4 Å². The van der Waals surface area contributed by atoms with Gasteiger partial charge in [0.1, 0.15) is 0 Å². The van der Waals surface area contributed by atoms with E-state index in [-0.39, 0.29) is 17.9 Å². The molecule has 1 amide bonds. The fraction of sp³-hybridized carbons (Fsp3) is 0.909. The van der Waals surface area contributed by atoms with Crippen molar-refractivity contribution >= 4 is 17.5 Å². The van der Waals surface area contributed by atoms with Crippen LogP contribution in [0.2, 0.25) is 0 Å². The maximum absolute atomic E-state index is 11.7. The van der Waals surface area contributed by atoms with E-state index in [1.54, 1.807) is 0 Å². The number of hydrogen-bond donors (Lipinski definition) is 1. The van der Waals surface area contributed by atoms with Gasteiger partial charge in [0.25, 0.3) is 0 Å². The molecule has 1 saturated carbocycles. The summed E-state index contributed by atoms with van der Waals surface area (Å²) in [6.07, 6.45) is 4.51. The lowest BCUT2D eigenvalue weighted by Crippen LogP contribution is -2.42. The molecular formula is C11H20ClNO. The molecular weight excluding hydrogens is 198 g/mol. The number of alkyl halides is 1. The smallest absolute Gasteiger partial charge is 0.223 e. The Morgan fingerprint density at radius 2 is 2.00 bits per heavy atom. The third-order valence-electron chi connectivity index (χ3n) is 3.02. The Balaban J connectivity index is 2.37. The van der Waals surface area contributed by atoms with Gasteiger partial charge in [-0.25, -0.2) is 0 Å². The Bertz CT molecular complexity index is 188. The molecule has 82 valence electrons. The molecule has 1 aliphatic carbocycles. The van der Waals surface area contributed by atoms with Crippen molar-refractivity contribution in [2.24, 2.45) is 11.8 Å². The zero-order valence-corrected chi connectivity index (χ0v) is 9.81. The van der Waals surface area contributed by atoms with Gasteiger partial charge in [-0.05, 0) is 18.8 Å². The summed E-state index contributed by atoms with van der Waals surface area (Å²) in [7, 11) is 0. The van der Waals surface area contributed by atoms with Crippen LogP contribution in [0.3, 0.4) is 0 Å². The van der Waals surface area contributed by atoms with Crippen LogP contribution in [0.5, 0.6) is 0 Å². The second-order valence-electron chi connectivity index (χ2n) is 4.49. The van der Waals surface area contributed by atoms with Crippen molar-refractivity contribution < 1.29 is 4.79 Å². The minimum absolute atomic E-state index is 0.129. The molecule has 0 aromatic carbocycles. The molecule has 14 heavy (non-hydrogen) atoms. The van der Waals surface area contributed by atoms with Crippen LogP contribution < -0.4 is 5.32 Å². The average Bonchev–Trinajstić information content (AvgIpc) is 2.65. The summed E-state index contributed by atoms with van der Waals surface area (Å²) in [4.78, 5) is 11.7. The first-order valence-corrected chi connectivity index (χ1v) is 6.05. The molecule has 2 nitrogen and oxygen atoms in total. The molecule has 0 aromatic rings. The minimum Gasteiger partial charge on any atom is -0.352 e. The van der Waals surface area contributed by atoms with Crippen LogP contribution in [0, 0.1) is 11.8 Å². The molecule has 1 unspecified atom stereocenters. The highest BCUT2D eigenvalue weighted by molar-refractivity contribution is 6.18. The Kier molecular flexibility index (Phi) is 4.73. The zero-order chi connectivity index (χ0) is 10.6. The van der Waals surface area contributed by atoms with Crippen molar-refractivity contribution in [3.63, 3.8) is 0 Å². The van der Waals surface area contributed by atoms with Crippen LogP contribution in [-0.2, 0) is 4.79 Å². The summed E-state index contributed by atoms with van der Waals surface area (Å²) in [6, 6.07) is 0.129. The van der Waals surface area contributed by atoms with Gasteiger partial charge in [-0.3, -0.25) is 4.79 Å². The third-order valence-corrected chi connectivity index (χ3v) is 3.36. The quantitative estimate of drug-likeness (QED) is 0.721. The molecule has 3 heteroatoms. The van der Waals surface area contributed by atoms with E-state index < -0.39 is 0 Å². The lowest BCUT2D eigenvalue weighted by molar-refractivity contribution is -0.125. The monoisotopic (exact) mass is 217 g/mol. The molecule has 0 bridgehead atoms. The van der Waals surface area contributed by atoms with E-state index in [0.29, 0.717) is 11.8 Å². The minimum atomic E-state index is 0.129. The number of hydrogen-bond acceptors (Lipinski definition) is 1. The molecule has 0 aromatic heterocycles. The topological polar surface area (TPSA) is 29.1 Å². The zero-order valence-electron chi connectivity index (χ0n) is 9.05. The van der Waals surface area contributed by atoms with Crippen molar-refractivity contribution in [3.05, 3.63) is 0 Å². The molecule has 0 aliphatic heterocycles. The molecule has 0 saturated heterocycles. The first kappa shape index (κ1) is 11.8. The van der Waals surface area contributed by atoms with Crippen LogP contribution in [0.1, 0.15) is 39.5 Å². The van der Waals surface area contributed by atoms with Crippen LogP contribution in [0.15, 0.2) is 0 Å². The lowest BCUT2D eigenvalue weighted by Gasteiger charge is -2.21. The van der Waals surface area contributed by atoms with E-state index in [9.17, 15) is 4.79 Å². The highest BCUT2D eigenvalue weighted by atomic mass is 35.5. The van der Waals surface area contributed by atoms with E-state index in [0.717, 1.165) is 12.8 Å². The Hall–Kier alpha value is -0.240. The van der Waals surface area contributed by atoms with Crippen LogP contribution >= 0.6 is 11.6 Å². The SMILES string of the molecule is CC(C)C(CCl)NC(=O)C1CCCC1. The van der Waals surface area contributed by atoms with E-state index in [1.807, 2.05) is 0 Å². The Morgan fingerprint density at radius 3 is 2.43 bits per heavy atom. The first-order valence-electron chi connectivity index (χ1n) is 5.51. The summed E-state index contributed by atoms with van der Waals surface area (Å²) >= 11 is 5.80. The van der Waals surface area contributed by atoms with Gasteiger partial charge < -0.3 is 5.32 Å². The summed E-state index contributed by atoms with van der Waals surface area (Å²) < 4.78 is 0. The van der Waals surface area contributed by atoms with Crippen molar-refractivity contribution in [1.82, 2.24) is 5.32 Å². The number of nitrogens with one attached hydrogen (secondary N) is 1. The van der Waals surface area contributed by atoms with Crippen molar-refractivity contribution in [2.45, 2.75) is 45.6 Å². The second-order valence-corrected chi connectivity index (χ2v) is 4.80. The summed E-state index contributed by atoms with van der Waals surface area (Å²) in [5.41, 5.74) is 0. The van der Waals surface area contributed by atoms with Gasteiger partial charge in [0.05, 0.1) is 0 Å². The van der Waals surface area contributed by atoms with Gasteiger partial charge in [-0.1, -0.05) is 26.7 Å². The molecule has 1 atom stereocenters. The molecule has 1 fully saturated rings. The molecule has 1 aliphatic rings. The molecule has 0 heterocycles. The third kappa shape index (κ3) is 3.16. The molecule has 0 radical (unpaired) electrons. The van der Waals surface area contributed by atoms with E-state index in [2.05, 4.69) is 19.2 Å². The van der Waals surface area contributed by atoms with Gasteiger partial charge in [0, 0.05) is 17.8 Å². The highest BCUT2D eigenvalue weighted by Crippen LogP contribution is 2.25. The lowest BCUT2D eigenvalue weighted by atomic mass is 10.0. The van der Waals surface area contributed by atoms with Crippen molar-refractivity contribution in [1.29, 1.82) is 0 Å². The fourth-order valence-corrected chi connectivity index (χ4v) is 2.31. The fourth-order valence-electron chi connectivity index (χ4n) is 1.87. The Morgan fingerprint density at radius 1 is 1.43 bits per heavy atom. The first-order chi connectivity index (χ1) is 6.65. The highest BCUT2D eigenvalue weighted by Gasteiger charge is 2.25. The maximum atomic E-state index is 11.7. The van der Waals surface area contributed by atoms with Crippen LogP contribution in [-0.4, -0.2) is 17.8 Å².